The van der Waals surface area contributed by atoms with E-state index in [9.17, 15) is 9.59 Å². The van der Waals surface area contributed by atoms with Crippen molar-refractivity contribution in [2.75, 3.05) is 13.7 Å². The molecule has 0 saturated carbocycles. The molecule has 0 saturated heterocycles. The summed E-state index contributed by atoms with van der Waals surface area (Å²) in [6.07, 6.45) is 9.44. The summed E-state index contributed by atoms with van der Waals surface area (Å²) in [6.45, 7) is 8.73. The lowest BCUT2D eigenvalue weighted by Gasteiger charge is -1.99. The Hall–Kier alpha value is -2.20. The molecule has 0 aromatic heterocycles. The van der Waals surface area contributed by atoms with Gasteiger partial charge in [0, 0.05) is 26.2 Å². The molecule has 2 N–H and O–H groups in total. The van der Waals surface area contributed by atoms with Crippen LogP contribution in [-0.2, 0) is 9.59 Å². The number of aliphatic hydroxyl groups is 1. The summed E-state index contributed by atoms with van der Waals surface area (Å²) in [5.41, 5.74) is 1.09. The number of ketones is 1. The first kappa shape index (κ1) is 26.0. The third kappa shape index (κ3) is 19.8. The van der Waals surface area contributed by atoms with E-state index in [2.05, 4.69) is 26.1 Å². The fourth-order valence-corrected chi connectivity index (χ4v) is 1.48. The van der Waals surface area contributed by atoms with Crippen LogP contribution < -0.4 is 5.32 Å². The summed E-state index contributed by atoms with van der Waals surface area (Å²) in [4.78, 5) is 22.1. The van der Waals surface area contributed by atoms with Crippen molar-refractivity contribution in [3.63, 3.8) is 0 Å². The van der Waals surface area contributed by atoms with Crippen LogP contribution in [0.4, 0.5) is 0 Å². The van der Waals surface area contributed by atoms with E-state index in [1.807, 2.05) is 42.5 Å². The highest BCUT2D eigenvalue weighted by molar-refractivity contribution is 5.87. The molecule has 26 heavy (non-hydrogen) atoms. The quantitative estimate of drug-likeness (QED) is 0.410. The second-order valence-corrected chi connectivity index (χ2v) is 6.03. The van der Waals surface area contributed by atoms with Gasteiger partial charge in [-0.25, -0.2) is 0 Å². The monoisotopic (exact) mass is 361 g/mol. The van der Waals surface area contributed by atoms with Crippen molar-refractivity contribution >= 4 is 17.8 Å². The molecule has 0 atom stereocenters. The minimum Gasteiger partial charge on any atom is -0.400 e. The van der Waals surface area contributed by atoms with Gasteiger partial charge in [-0.3, -0.25) is 4.79 Å². The predicted octanol–water partition coefficient (Wildman–Crippen LogP) is 4.40. The molecule has 4 heteroatoms. The maximum atomic E-state index is 11.4. The Balaban J connectivity index is 0. The third-order valence-corrected chi connectivity index (χ3v) is 3.27. The molecule has 1 aromatic rings. The predicted molar refractivity (Wildman–Crippen MR) is 111 cm³/mol. The molecule has 0 bridgehead atoms. The normalized spacial score (nSPS) is 10.1. The molecule has 1 rings (SSSR count). The van der Waals surface area contributed by atoms with Gasteiger partial charge in [-0.05, 0) is 24.8 Å². The molecule has 0 aliphatic rings. The summed E-state index contributed by atoms with van der Waals surface area (Å²) in [5.74, 6) is 0.895. The number of nitrogens with one attached hydrogen (secondary N) is 1. The lowest BCUT2D eigenvalue weighted by Crippen LogP contribution is -2.22. The summed E-state index contributed by atoms with van der Waals surface area (Å²) in [5, 5.41) is 9.72. The van der Waals surface area contributed by atoms with Crippen molar-refractivity contribution in [3.8, 4) is 0 Å². The number of carbonyl (C=O) groups excluding carboxylic acids is 2. The Bertz CT molecular complexity index is 519. The van der Waals surface area contributed by atoms with E-state index in [4.69, 9.17) is 5.11 Å². The van der Waals surface area contributed by atoms with E-state index in [1.54, 1.807) is 13.0 Å². The molecule has 0 unspecified atom stereocenters. The molecular formula is C22H35NO3. The minimum atomic E-state index is -0.138. The van der Waals surface area contributed by atoms with Crippen LogP contribution in [0, 0.1) is 5.92 Å². The van der Waals surface area contributed by atoms with Crippen molar-refractivity contribution in [1.29, 1.82) is 0 Å². The van der Waals surface area contributed by atoms with Gasteiger partial charge in [0.1, 0.15) is 5.78 Å². The number of hydrogen-bond acceptors (Lipinski definition) is 3. The third-order valence-electron chi connectivity index (χ3n) is 3.27. The smallest absolute Gasteiger partial charge is 0.243 e. The SMILES string of the molecule is CC(=O)CCCNC(=O)/C=C/C=C/c1ccccc1.CCC(C)C.CO. The largest absolute Gasteiger partial charge is 0.400 e. The summed E-state index contributed by atoms with van der Waals surface area (Å²) >= 11 is 0. The molecular weight excluding hydrogens is 326 g/mol. The van der Waals surface area contributed by atoms with Gasteiger partial charge in [0.05, 0.1) is 0 Å². The first-order valence-corrected chi connectivity index (χ1v) is 9.07. The molecule has 0 heterocycles. The summed E-state index contributed by atoms with van der Waals surface area (Å²) in [7, 11) is 1.00. The zero-order valence-corrected chi connectivity index (χ0v) is 16.9. The molecule has 1 aromatic carbocycles. The first-order chi connectivity index (χ1) is 12.5. The van der Waals surface area contributed by atoms with E-state index >= 15 is 0 Å². The molecule has 1 amide bonds. The average molecular weight is 362 g/mol. The fraction of sp³-hybridized carbons (Fsp3) is 0.455. The zero-order chi connectivity index (χ0) is 20.2. The number of Topliss-reactive ketones (excluding diaryl/α,β-unsaturated/α-hetero) is 1. The van der Waals surface area contributed by atoms with Gasteiger partial charge < -0.3 is 15.2 Å². The maximum absolute atomic E-state index is 11.4. The van der Waals surface area contributed by atoms with Gasteiger partial charge in [-0.1, -0.05) is 75.8 Å². The minimum absolute atomic E-state index is 0.138. The van der Waals surface area contributed by atoms with Crippen molar-refractivity contribution in [2.45, 2.75) is 47.0 Å². The average Bonchev–Trinajstić information content (AvgIpc) is 2.65. The number of rotatable bonds is 8. The summed E-state index contributed by atoms with van der Waals surface area (Å²) < 4.78 is 0. The molecule has 4 nitrogen and oxygen atoms in total. The molecule has 0 aliphatic heterocycles. The Morgan fingerprint density at radius 3 is 2.19 bits per heavy atom. The lowest BCUT2D eigenvalue weighted by molar-refractivity contribution is -0.118. The number of aliphatic hydroxyl groups excluding tert-OH is 1. The number of hydrogen-bond donors (Lipinski definition) is 2. The van der Waals surface area contributed by atoms with Crippen LogP contribution in [-0.4, -0.2) is 30.5 Å². The first-order valence-electron chi connectivity index (χ1n) is 9.07. The molecule has 146 valence electrons. The molecule has 0 radical (unpaired) electrons. The van der Waals surface area contributed by atoms with Crippen LogP contribution in [0.15, 0.2) is 48.6 Å². The van der Waals surface area contributed by atoms with E-state index in [-0.39, 0.29) is 11.7 Å². The van der Waals surface area contributed by atoms with Crippen LogP contribution in [0.2, 0.25) is 0 Å². The summed E-state index contributed by atoms with van der Waals surface area (Å²) in [6, 6.07) is 9.87. The van der Waals surface area contributed by atoms with Gasteiger partial charge >= 0.3 is 0 Å². The zero-order valence-electron chi connectivity index (χ0n) is 16.9. The van der Waals surface area contributed by atoms with Crippen molar-refractivity contribution in [2.24, 2.45) is 5.92 Å². The van der Waals surface area contributed by atoms with Gasteiger partial charge in [-0.15, -0.1) is 0 Å². The Labute approximate surface area is 159 Å². The molecule has 0 aliphatic carbocycles. The number of amides is 1. The van der Waals surface area contributed by atoms with E-state index in [0.717, 1.165) is 18.6 Å². The van der Waals surface area contributed by atoms with Crippen LogP contribution in [0.25, 0.3) is 6.08 Å². The van der Waals surface area contributed by atoms with Crippen LogP contribution in [0.3, 0.4) is 0 Å². The van der Waals surface area contributed by atoms with Gasteiger partial charge in [-0.2, -0.15) is 0 Å². The Morgan fingerprint density at radius 1 is 1.12 bits per heavy atom. The van der Waals surface area contributed by atoms with Gasteiger partial charge in [0.25, 0.3) is 0 Å². The highest BCUT2D eigenvalue weighted by Gasteiger charge is 1.95. The number of benzene rings is 1. The maximum Gasteiger partial charge on any atom is 0.243 e. The van der Waals surface area contributed by atoms with Crippen molar-refractivity contribution < 1.29 is 14.7 Å². The lowest BCUT2D eigenvalue weighted by atomic mass is 10.2. The van der Waals surface area contributed by atoms with Crippen molar-refractivity contribution in [1.82, 2.24) is 5.32 Å². The van der Waals surface area contributed by atoms with Crippen molar-refractivity contribution in [3.05, 3.63) is 54.1 Å². The van der Waals surface area contributed by atoms with Gasteiger partial charge in [0.2, 0.25) is 5.91 Å². The van der Waals surface area contributed by atoms with Crippen LogP contribution in [0.5, 0.6) is 0 Å². The van der Waals surface area contributed by atoms with Gasteiger partial charge in [0.15, 0.2) is 0 Å². The highest BCUT2D eigenvalue weighted by Crippen LogP contribution is 2.00. The second kappa shape index (κ2) is 19.1. The van der Waals surface area contributed by atoms with Crippen LogP contribution in [0.1, 0.15) is 52.5 Å². The number of carbonyl (C=O) groups is 2. The number of allylic oxidation sites excluding steroid dienone is 2. The Morgan fingerprint density at radius 2 is 1.69 bits per heavy atom. The van der Waals surface area contributed by atoms with Crippen LogP contribution >= 0.6 is 0 Å². The molecule has 0 fully saturated rings. The second-order valence-electron chi connectivity index (χ2n) is 6.03. The van der Waals surface area contributed by atoms with E-state index in [1.165, 1.54) is 12.5 Å². The standard InChI is InChI=1S/C16H19NO2.C5H12.CH4O/c1-14(18)8-7-13-17-16(19)12-6-5-11-15-9-3-2-4-10-15;1-4-5(2)3;1-2/h2-6,9-12H,7-8,13H2,1H3,(H,17,19);5H,4H2,1-3H3;2H,1H3/b11-5+,12-6+;;. The fourth-order valence-electron chi connectivity index (χ4n) is 1.48. The molecule has 0 spiro atoms. The topological polar surface area (TPSA) is 66.4 Å². The van der Waals surface area contributed by atoms with E-state index < -0.39 is 0 Å². The van der Waals surface area contributed by atoms with E-state index in [0.29, 0.717) is 19.4 Å². The highest BCUT2D eigenvalue weighted by atomic mass is 16.2. The Kier molecular flexibility index (Phi) is 19.2.